The number of rotatable bonds is 3. The molecule has 2 atom stereocenters. The average molecular weight is 317 g/mol. The van der Waals surface area contributed by atoms with Crippen LogP contribution in [-0.2, 0) is 0 Å². The van der Waals surface area contributed by atoms with Gasteiger partial charge in [0.25, 0.3) is 0 Å². The van der Waals surface area contributed by atoms with Crippen LogP contribution in [0.2, 0.25) is 0 Å². The monoisotopic (exact) mass is 317 g/mol. The second-order valence-corrected chi connectivity index (χ2v) is 6.75. The van der Waals surface area contributed by atoms with Crippen molar-refractivity contribution in [1.29, 1.82) is 0 Å². The number of benzene rings is 1. The molecule has 1 aliphatic heterocycles. The smallest absolute Gasteiger partial charge is 0.180 e. The van der Waals surface area contributed by atoms with Crippen LogP contribution in [0.4, 0.5) is 0 Å². The number of hydrogen-bond donors (Lipinski definition) is 2. The van der Waals surface area contributed by atoms with Crippen molar-refractivity contribution >= 4 is 22.6 Å². The van der Waals surface area contributed by atoms with Crippen molar-refractivity contribution in [3.8, 4) is 5.75 Å². The molecular formula is C17H23N3OS. The van der Waals surface area contributed by atoms with E-state index in [9.17, 15) is 0 Å². The summed E-state index contributed by atoms with van der Waals surface area (Å²) in [6, 6.07) is 8.49. The second-order valence-electron chi connectivity index (χ2n) is 5.89. The number of hydrogen-bond acceptors (Lipinski definition) is 4. The molecule has 5 heteroatoms. The van der Waals surface area contributed by atoms with Crippen LogP contribution in [0.15, 0.2) is 34.7 Å². The Labute approximate surface area is 136 Å². The standard InChI is InChI=1S/C17H23N3OS/c1-12-5-3-4-6-15(12)18-17-20-19-16(11-22-17)13-7-9-14(21-2)10-8-13/h7-12,15,19H,3-6H2,1-2H3,(H,18,20)/t12-,15+/m1/s1. The van der Waals surface area contributed by atoms with Crippen molar-refractivity contribution in [1.82, 2.24) is 10.9 Å². The molecule has 2 N–H and O–H groups in total. The van der Waals surface area contributed by atoms with Crippen LogP contribution in [0, 0.1) is 5.92 Å². The van der Waals surface area contributed by atoms with Gasteiger partial charge < -0.3 is 4.74 Å². The third-order valence-corrected chi connectivity index (χ3v) is 5.13. The third kappa shape index (κ3) is 3.58. The van der Waals surface area contributed by atoms with Gasteiger partial charge in [0.05, 0.1) is 18.8 Å². The van der Waals surface area contributed by atoms with Crippen LogP contribution in [0.3, 0.4) is 0 Å². The topological polar surface area (TPSA) is 45.6 Å². The minimum Gasteiger partial charge on any atom is -0.497 e. The van der Waals surface area contributed by atoms with Gasteiger partial charge in [-0.25, -0.2) is 0 Å². The Balaban J connectivity index is 1.65. The van der Waals surface area contributed by atoms with Gasteiger partial charge in [0.1, 0.15) is 5.75 Å². The fourth-order valence-corrected chi connectivity index (χ4v) is 3.64. The fourth-order valence-electron chi connectivity index (χ4n) is 2.91. The SMILES string of the molecule is COc1ccc(C2=CSC(=N[C@H]3CCCC[C@H]3C)NN2)cc1. The maximum Gasteiger partial charge on any atom is 0.180 e. The lowest BCUT2D eigenvalue weighted by Gasteiger charge is -2.27. The summed E-state index contributed by atoms with van der Waals surface area (Å²) < 4.78 is 5.19. The number of thioether (sulfide) groups is 1. The highest BCUT2D eigenvalue weighted by atomic mass is 32.2. The van der Waals surface area contributed by atoms with Crippen molar-refractivity contribution in [3.05, 3.63) is 35.2 Å². The molecule has 0 saturated heterocycles. The molecule has 0 bridgehead atoms. The summed E-state index contributed by atoms with van der Waals surface area (Å²) in [4.78, 5) is 4.87. The first kappa shape index (κ1) is 15.3. The molecule has 3 rings (SSSR count). The van der Waals surface area contributed by atoms with Crippen molar-refractivity contribution in [3.63, 3.8) is 0 Å². The Morgan fingerprint density at radius 2 is 1.91 bits per heavy atom. The predicted octanol–water partition coefficient (Wildman–Crippen LogP) is 3.77. The summed E-state index contributed by atoms with van der Waals surface area (Å²) in [6.45, 7) is 2.31. The van der Waals surface area contributed by atoms with E-state index in [4.69, 9.17) is 9.73 Å². The van der Waals surface area contributed by atoms with E-state index < -0.39 is 0 Å². The highest BCUT2D eigenvalue weighted by Gasteiger charge is 2.22. The minimum atomic E-state index is 0.460. The first-order chi connectivity index (χ1) is 10.8. The summed E-state index contributed by atoms with van der Waals surface area (Å²) in [5, 5.41) is 3.08. The van der Waals surface area contributed by atoms with Gasteiger partial charge in [-0.15, -0.1) is 0 Å². The van der Waals surface area contributed by atoms with E-state index in [2.05, 4.69) is 23.2 Å². The van der Waals surface area contributed by atoms with Crippen molar-refractivity contribution in [2.75, 3.05) is 7.11 Å². The molecule has 0 unspecified atom stereocenters. The highest BCUT2D eigenvalue weighted by Crippen LogP contribution is 2.28. The first-order valence-electron chi connectivity index (χ1n) is 7.87. The lowest BCUT2D eigenvalue weighted by Crippen LogP contribution is -2.38. The molecule has 0 radical (unpaired) electrons. The summed E-state index contributed by atoms with van der Waals surface area (Å²) in [5.41, 5.74) is 8.66. The molecule has 1 aromatic carbocycles. The third-order valence-electron chi connectivity index (χ3n) is 4.34. The zero-order valence-corrected chi connectivity index (χ0v) is 14.0. The molecule has 1 aliphatic carbocycles. The van der Waals surface area contributed by atoms with E-state index in [1.54, 1.807) is 18.9 Å². The van der Waals surface area contributed by atoms with Crippen LogP contribution in [0.5, 0.6) is 5.75 Å². The molecular weight excluding hydrogens is 294 g/mol. The Bertz CT molecular complexity index is 568. The average Bonchev–Trinajstić information content (AvgIpc) is 2.58. The molecule has 118 valence electrons. The van der Waals surface area contributed by atoms with Gasteiger partial charge in [-0.1, -0.05) is 31.5 Å². The summed E-state index contributed by atoms with van der Waals surface area (Å²) >= 11 is 1.65. The summed E-state index contributed by atoms with van der Waals surface area (Å²) in [5.74, 6) is 1.56. The molecule has 4 nitrogen and oxygen atoms in total. The largest absolute Gasteiger partial charge is 0.497 e. The zero-order chi connectivity index (χ0) is 15.4. The van der Waals surface area contributed by atoms with E-state index in [-0.39, 0.29) is 0 Å². The van der Waals surface area contributed by atoms with Crippen LogP contribution in [0.1, 0.15) is 38.2 Å². The number of hydrazine groups is 1. The molecule has 0 aromatic heterocycles. The van der Waals surface area contributed by atoms with E-state index in [0.717, 1.165) is 22.2 Å². The number of amidine groups is 1. The molecule has 2 aliphatic rings. The van der Waals surface area contributed by atoms with Gasteiger partial charge in [0.2, 0.25) is 0 Å². The van der Waals surface area contributed by atoms with Crippen molar-refractivity contribution < 1.29 is 4.74 Å². The van der Waals surface area contributed by atoms with Crippen LogP contribution < -0.4 is 15.6 Å². The van der Waals surface area contributed by atoms with Gasteiger partial charge in [-0.2, -0.15) is 0 Å². The molecule has 0 amide bonds. The van der Waals surface area contributed by atoms with E-state index in [1.165, 1.54) is 25.7 Å². The quantitative estimate of drug-likeness (QED) is 0.891. The maximum atomic E-state index is 5.19. The maximum absolute atomic E-state index is 5.19. The molecule has 1 saturated carbocycles. The van der Waals surface area contributed by atoms with Gasteiger partial charge in [0.15, 0.2) is 5.17 Å². The van der Waals surface area contributed by atoms with Gasteiger partial charge in [0, 0.05) is 11.0 Å². The van der Waals surface area contributed by atoms with Crippen LogP contribution in [0.25, 0.3) is 5.70 Å². The number of aliphatic imine (C=N–C) groups is 1. The van der Waals surface area contributed by atoms with Crippen LogP contribution >= 0.6 is 11.8 Å². The minimum absolute atomic E-state index is 0.460. The zero-order valence-electron chi connectivity index (χ0n) is 13.1. The second kappa shape index (κ2) is 7.09. The normalized spacial score (nSPS) is 26.8. The lowest BCUT2D eigenvalue weighted by molar-refractivity contribution is 0.332. The molecule has 1 heterocycles. The van der Waals surface area contributed by atoms with Crippen LogP contribution in [-0.4, -0.2) is 18.3 Å². The Kier molecular flexibility index (Phi) is 4.93. The fraction of sp³-hybridized carbons (Fsp3) is 0.471. The Morgan fingerprint density at radius 1 is 1.14 bits per heavy atom. The van der Waals surface area contributed by atoms with Crippen molar-refractivity contribution in [2.45, 2.75) is 38.6 Å². The highest BCUT2D eigenvalue weighted by molar-refractivity contribution is 8.16. The summed E-state index contributed by atoms with van der Waals surface area (Å²) in [6.07, 6.45) is 5.16. The molecule has 1 aromatic rings. The number of nitrogens with zero attached hydrogens (tertiary/aromatic N) is 1. The van der Waals surface area contributed by atoms with E-state index in [0.29, 0.717) is 12.0 Å². The predicted molar refractivity (Wildman–Crippen MR) is 93.7 cm³/mol. The first-order valence-corrected chi connectivity index (χ1v) is 8.75. The van der Waals surface area contributed by atoms with Gasteiger partial charge in [-0.05, 0) is 43.0 Å². The number of methoxy groups -OCH3 is 1. The number of ether oxygens (including phenoxy) is 1. The lowest BCUT2D eigenvalue weighted by atomic mass is 9.86. The van der Waals surface area contributed by atoms with E-state index in [1.807, 2.05) is 24.3 Å². The molecule has 1 fully saturated rings. The van der Waals surface area contributed by atoms with Crippen molar-refractivity contribution in [2.24, 2.45) is 10.9 Å². The Hall–Kier alpha value is -1.62. The van der Waals surface area contributed by atoms with E-state index >= 15 is 0 Å². The van der Waals surface area contributed by atoms with Gasteiger partial charge in [-0.3, -0.25) is 15.8 Å². The summed E-state index contributed by atoms with van der Waals surface area (Å²) in [7, 11) is 1.68. The number of nitrogens with one attached hydrogen (secondary N) is 2. The Morgan fingerprint density at radius 3 is 2.55 bits per heavy atom. The molecule has 22 heavy (non-hydrogen) atoms. The van der Waals surface area contributed by atoms with Gasteiger partial charge >= 0.3 is 0 Å². The molecule has 0 spiro atoms.